The summed E-state index contributed by atoms with van der Waals surface area (Å²) >= 11 is 0. The Hall–Kier alpha value is -3.02. The van der Waals surface area contributed by atoms with Gasteiger partial charge in [-0.1, -0.05) is 0 Å². The zero-order chi connectivity index (χ0) is 19.7. The molecule has 1 aliphatic rings. The van der Waals surface area contributed by atoms with Gasteiger partial charge in [-0.05, 0) is 63.1 Å². The molecule has 0 aliphatic heterocycles. The zero-order valence-electron chi connectivity index (χ0n) is 16.6. The first-order valence-corrected chi connectivity index (χ1v) is 9.87. The molecule has 1 aromatic heterocycles. The summed E-state index contributed by atoms with van der Waals surface area (Å²) in [5.41, 5.74) is 4.65. The molecule has 0 atom stereocenters. The number of aromatic amines is 1. The van der Waals surface area contributed by atoms with Gasteiger partial charge in [0.1, 0.15) is 11.6 Å². The first-order chi connectivity index (χ1) is 13.6. The van der Waals surface area contributed by atoms with Gasteiger partial charge in [0.2, 0.25) is 5.91 Å². The number of anilines is 2. The number of aromatic nitrogens is 2. The molecule has 0 bridgehead atoms. The van der Waals surface area contributed by atoms with Gasteiger partial charge in [-0.2, -0.15) is 0 Å². The number of nitrogens with zero attached hydrogens (tertiary/aromatic N) is 2. The van der Waals surface area contributed by atoms with Gasteiger partial charge in [-0.15, -0.1) is 0 Å². The van der Waals surface area contributed by atoms with E-state index in [0.717, 1.165) is 65.5 Å². The predicted molar refractivity (Wildman–Crippen MR) is 113 cm³/mol. The van der Waals surface area contributed by atoms with Crippen LogP contribution in [0.1, 0.15) is 26.7 Å². The summed E-state index contributed by atoms with van der Waals surface area (Å²) in [6, 6.07) is 11.9. The molecule has 1 fully saturated rings. The molecule has 1 amide bonds. The van der Waals surface area contributed by atoms with Gasteiger partial charge in [0.15, 0.2) is 0 Å². The molecule has 0 saturated heterocycles. The number of fused-ring (bicyclic) bond motifs is 1. The molecule has 3 aromatic rings. The number of carbonyl (C=O) groups excluding carboxylic acids is 1. The smallest absolute Gasteiger partial charge is 0.227 e. The molecular weight excluding hydrogens is 352 g/mol. The molecule has 0 radical (unpaired) electrons. The van der Waals surface area contributed by atoms with Crippen molar-refractivity contribution in [3.8, 4) is 17.1 Å². The molecule has 0 unspecified atom stereocenters. The third-order valence-corrected chi connectivity index (χ3v) is 5.27. The number of hydrogen-bond donors (Lipinski definition) is 2. The van der Waals surface area contributed by atoms with Gasteiger partial charge in [-0.3, -0.25) is 4.79 Å². The van der Waals surface area contributed by atoms with Crippen LogP contribution in [0.2, 0.25) is 0 Å². The van der Waals surface area contributed by atoms with Gasteiger partial charge >= 0.3 is 0 Å². The Morgan fingerprint density at radius 1 is 1.21 bits per heavy atom. The van der Waals surface area contributed by atoms with Crippen molar-refractivity contribution in [3.05, 3.63) is 36.4 Å². The molecule has 28 heavy (non-hydrogen) atoms. The molecule has 4 rings (SSSR count). The molecule has 1 heterocycles. The molecule has 2 aromatic carbocycles. The Balaban J connectivity index is 1.75. The Bertz CT molecular complexity index is 986. The van der Waals surface area contributed by atoms with Gasteiger partial charge in [0.25, 0.3) is 0 Å². The molecule has 2 N–H and O–H groups in total. The van der Waals surface area contributed by atoms with Gasteiger partial charge < -0.3 is 19.9 Å². The summed E-state index contributed by atoms with van der Waals surface area (Å²) in [7, 11) is 1.66. The SMILES string of the molecule is CCN(CC)c1cc2nc(-c3ccc(OC)cc3)[nH]c2cc1NC(=O)C1CC1. The van der Waals surface area contributed by atoms with E-state index in [-0.39, 0.29) is 11.8 Å². The summed E-state index contributed by atoms with van der Waals surface area (Å²) in [5, 5.41) is 3.13. The minimum Gasteiger partial charge on any atom is -0.497 e. The van der Waals surface area contributed by atoms with E-state index in [1.165, 1.54) is 0 Å². The highest BCUT2D eigenvalue weighted by atomic mass is 16.5. The van der Waals surface area contributed by atoms with Gasteiger partial charge in [0, 0.05) is 24.6 Å². The second kappa shape index (κ2) is 7.54. The molecule has 146 valence electrons. The molecule has 0 spiro atoms. The van der Waals surface area contributed by atoms with E-state index in [0.29, 0.717) is 0 Å². The van der Waals surface area contributed by atoms with Crippen molar-refractivity contribution in [2.45, 2.75) is 26.7 Å². The molecule has 1 aliphatic carbocycles. The number of methoxy groups -OCH3 is 1. The number of H-pyrrole nitrogens is 1. The molecule has 1 saturated carbocycles. The minimum absolute atomic E-state index is 0.114. The van der Waals surface area contributed by atoms with Crippen LogP contribution in [0.4, 0.5) is 11.4 Å². The first kappa shape index (κ1) is 18.3. The number of carbonyl (C=O) groups is 1. The number of ether oxygens (including phenoxy) is 1. The minimum atomic E-state index is 0.114. The standard InChI is InChI=1S/C22H26N4O2/c1-4-26(5-2)20-13-18-17(12-19(20)25-22(27)15-6-7-15)23-21(24-18)14-8-10-16(28-3)11-9-14/h8-13,15H,4-7H2,1-3H3,(H,23,24)(H,25,27). The van der Waals surface area contributed by atoms with Crippen molar-refractivity contribution in [1.29, 1.82) is 0 Å². The fourth-order valence-electron chi connectivity index (χ4n) is 3.44. The van der Waals surface area contributed by atoms with Crippen LogP contribution < -0.4 is 15.0 Å². The van der Waals surface area contributed by atoms with Crippen LogP contribution in [0.5, 0.6) is 5.75 Å². The summed E-state index contributed by atoms with van der Waals surface area (Å²) in [4.78, 5) is 22.8. The summed E-state index contributed by atoms with van der Waals surface area (Å²) in [6.45, 7) is 5.97. The largest absolute Gasteiger partial charge is 0.497 e. The fourth-order valence-corrected chi connectivity index (χ4v) is 3.44. The second-order valence-electron chi connectivity index (χ2n) is 7.14. The van der Waals surface area contributed by atoms with Crippen LogP contribution in [0.3, 0.4) is 0 Å². The number of benzene rings is 2. The number of imidazole rings is 1. The van der Waals surface area contributed by atoms with E-state index in [1.54, 1.807) is 7.11 Å². The van der Waals surface area contributed by atoms with Crippen molar-refractivity contribution in [2.24, 2.45) is 5.92 Å². The summed E-state index contributed by atoms with van der Waals surface area (Å²) in [6.07, 6.45) is 1.97. The van der Waals surface area contributed by atoms with Crippen LogP contribution in [0.15, 0.2) is 36.4 Å². The maximum absolute atomic E-state index is 12.4. The van der Waals surface area contributed by atoms with Crippen LogP contribution >= 0.6 is 0 Å². The molecular formula is C22H26N4O2. The van der Waals surface area contributed by atoms with Crippen molar-refractivity contribution < 1.29 is 9.53 Å². The van der Waals surface area contributed by atoms with E-state index in [1.807, 2.05) is 30.3 Å². The highest BCUT2D eigenvalue weighted by molar-refractivity contribution is 6.00. The predicted octanol–water partition coefficient (Wildman–Crippen LogP) is 4.43. The van der Waals surface area contributed by atoms with E-state index in [9.17, 15) is 4.79 Å². The average molecular weight is 378 g/mol. The molecule has 6 nitrogen and oxygen atoms in total. The lowest BCUT2D eigenvalue weighted by atomic mass is 10.2. The average Bonchev–Trinajstić information content (AvgIpc) is 3.49. The molecule has 6 heteroatoms. The van der Waals surface area contributed by atoms with Crippen LogP contribution in [0.25, 0.3) is 22.4 Å². The Morgan fingerprint density at radius 2 is 1.93 bits per heavy atom. The highest BCUT2D eigenvalue weighted by Gasteiger charge is 2.30. The van der Waals surface area contributed by atoms with E-state index in [2.05, 4.69) is 35.1 Å². The number of nitrogens with one attached hydrogen (secondary N) is 2. The fraction of sp³-hybridized carbons (Fsp3) is 0.364. The summed E-state index contributed by atoms with van der Waals surface area (Å²) < 4.78 is 5.23. The van der Waals surface area contributed by atoms with E-state index >= 15 is 0 Å². The van der Waals surface area contributed by atoms with Gasteiger partial charge in [-0.25, -0.2) is 4.98 Å². The third-order valence-electron chi connectivity index (χ3n) is 5.27. The Labute approximate surface area is 164 Å². The lowest BCUT2D eigenvalue weighted by Crippen LogP contribution is -2.24. The van der Waals surface area contributed by atoms with Crippen molar-refractivity contribution in [1.82, 2.24) is 9.97 Å². The van der Waals surface area contributed by atoms with E-state index < -0.39 is 0 Å². The Kier molecular flexibility index (Phi) is 4.94. The first-order valence-electron chi connectivity index (χ1n) is 9.87. The summed E-state index contributed by atoms with van der Waals surface area (Å²) in [5.74, 6) is 1.89. The van der Waals surface area contributed by atoms with Crippen LogP contribution in [-0.2, 0) is 4.79 Å². The zero-order valence-corrected chi connectivity index (χ0v) is 16.6. The third kappa shape index (κ3) is 3.54. The maximum atomic E-state index is 12.4. The van der Waals surface area contributed by atoms with Gasteiger partial charge in [0.05, 0.1) is 29.5 Å². The second-order valence-corrected chi connectivity index (χ2v) is 7.14. The lowest BCUT2D eigenvalue weighted by molar-refractivity contribution is -0.117. The highest BCUT2D eigenvalue weighted by Crippen LogP contribution is 2.35. The lowest BCUT2D eigenvalue weighted by Gasteiger charge is -2.24. The monoisotopic (exact) mass is 378 g/mol. The number of amides is 1. The van der Waals surface area contributed by atoms with Crippen molar-refractivity contribution in [3.63, 3.8) is 0 Å². The topological polar surface area (TPSA) is 70.2 Å². The van der Waals surface area contributed by atoms with Crippen molar-refractivity contribution >= 4 is 28.3 Å². The number of hydrogen-bond acceptors (Lipinski definition) is 4. The van der Waals surface area contributed by atoms with Crippen LogP contribution in [0, 0.1) is 5.92 Å². The quantitative estimate of drug-likeness (QED) is 0.638. The normalized spacial score (nSPS) is 13.5. The Morgan fingerprint density at radius 3 is 2.54 bits per heavy atom. The van der Waals surface area contributed by atoms with E-state index in [4.69, 9.17) is 9.72 Å². The maximum Gasteiger partial charge on any atom is 0.227 e. The van der Waals surface area contributed by atoms with Crippen LogP contribution in [-0.4, -0.2) is 36.1 Å². The number of rotatable bonds is 7. The van der Waals surface area contributed by atoms with Crippen molar-refractivity contribution in [2.75, 3.05) is 30.4 Å².